The molecule has 0 bridgehead atoms. The second-order valence-corrected chi connectivity index (χ2v) is 14.4. The van der Waals surface area contributed by atoms with Gasteiger partial charge in [-0.15, -0.1) is 0 Å². The first-order valence-corrected chi connectivity index (χ1v) is 17.8. The van der Waals surface area contributed by atoms with Crippen LogP contribution in [0.25, 0.3) is 0 Å². The van der Waals surface area contributed by atoms with E-state index in [1.54, 1.807) is 37.4 Å². The highest BCUT2D eigenvalue weighted by molar-refractivity contribution is 7.89. The number of sulfonamides is 1. The van der Waals surface area contributed by atoms with Crippen LogP contribution in [0, 0.1) is 13.8 Å². The van der Waals surface area contributed by atoms with Gasteiger partial charge in [0.1, 0.15) is 12.4 Å². The van der Waals surface area contributed by atoms with E-state index >= 15 is 0 Å². The largest absolute Gasteiger partial charge is 0.497 e. The molecule has 2 fully saturated rings. The molecule has 6 rings (SSSR count). The highest BCUT2D eigenvalue weighted by Crippen LogP contribution is 2.35. The molecule has 2 unspecified atom stereocenters. The molecule has 10 nitrogen and oxygen atoms in total. The number of carbonyl (C=O) groups excluding carboxylic acids is 1. The molecular weight excluding hydrogens is 604 g/mol. The molecule has 2 saturated heterocycles. The minimum atomic E-state index is -3.77. The Morgan fingerprint density at radius 2 is 1.67 bits per heavy atom. The zero-order valence-corrected chi connectivity index (χ0v) is 28.0. The molecule has 0 N–H and O–H groups in total. The Hall–Kier alpha value is -3.22. The number of fused-ring (bicyclic) bond motifs is 1. The van der Waals surface area contributed by atoms with Gasteiger partial charge >= 0.3 is 0 Å². The molecule has 0 saturated carbocycles. The fourth-order valence-corrected chi connectivity index (χ4v) is 9.39. The fraction of sp³-hybridized carbons (Fsp3) is 0.514. The average Bonchev–Trinajstić information content (AvgIpc) is 3.47. The van der Waals surface area contributed by atoms with E-state index in [1.807, 2.05) is 23.1 Å². The monoisotopic (exact) mass is 650 g/mol. The molecule has 2 atom stereocenters. The van der Waals surface area contributed by atoms with E-state index in [2.05, 4.69) is 33.7 Å². The van der Waals surface area contributed by atoms with Gasteiger partial charge < -0.3 is 23.7 Å². The predicted octanol–water partition coefficient (Wildman–Crippen LogP) is 4.14. The van der Waals surface area contributed by atoms with Gasteiger partial charge in [-0.25, -0.2) is 8.42 Å². The molecule has 0 radical (unpaired) electrons. The topological polar surface area (TPSA) is 93.5 Å². The van der Waals surface area contributed by atoms with E-state index in [4.69, 9.17) is 14.2 Å². The Labute approximate surface area is 272 Å². The van der Waals surface area contributed by atoms with Crippen molar-refractivity contribution in [2.45, 2.75) is 63.2 Å². The number of morpholine rings is 1. The minimum Gasteiger partial charge on any atom is -0.497 e. The van der Waals surface area contributed by atoms with Gasteiger partial charge in [-0.05, 0) is 67.6 Å². The lowest BCUT2D eigenvalue weighted by molar-refractivity contribution is -0.139. The minimum absolute atomic E-state index is 0.0944. The number of aromatic nitrogens is 1. The van der Waals surface area contributed by atoms with E-state index < -0.39 is 10.0 Å². The average molecular weight is 651 g/mol. The summed E-state index contributed by atoms with van der Waals surface area (Å²) in [4.78, 5) is 18.5. The zero-order chi connectivity index (χ0) is 32.3. The Bertz CT molecular complexity index is 1600. The maximum atomic E-state index is 14.0. The summed E-state index contributed by atoms with van der Waals surface area (Å²) < 4.78 is 48.9. The first-order chi connectivity index (χ1) is 22.3. The van der Waals surface area contributed by atoms with Crippen LogP contribution in [0.5, 0.6) is 5.75 Å². The quantitative estimate of drug-likeness (QED) is 0.326. The van der Waals surface area contributed by atoms with Crippen molar-refractivity contribution in [3.8, 4) is 5.75 Å². The summed E-state index contributed by atoms with van der Waals surface area (Å²) in [5.74, 6) is 0.543. The van der Waals surface area contributed by atoms with E-state index in [9.17, 15) is 13.2 Å². The summed E-state index contributed by atoms with van der Waals surface area (Å²) in [7, 11) is -2.19. The van der Waals surface area contributed by atoms with Crippen LogP contribution < -0.4 is 4.74 Å². The summed E-state index contributed by atoms with van der Waals surface area (Å²) in [6.45, 7) is 9.61. The van der Waals surface area contributed by atoms with Crippen LogP contribution in [0.4, 0.5) is 0 Å². The summed E-state index contributed by atoms with van der Waals surface area (Å²) in [6, 6.07) is 17.5. The van der Waals surface area contributed by atoms with Crippen LogP contribution in [-0.4, -0.2) is 98.8 Å². The van der Waals surface area contributed by atoms with Crippen molar-refractivity contribution in [2.24, 2.45) is 0 Å². The standard InChI is InChI=1S/C35H46N4O6S/c1-26-21-31(43-3)22-27(2)35(26)46(41,42)39-14-8-7-11-30(39)24-45-25-33(40)38-16-15-37-29(23-36-17-19-44-20-18-36)12-13-32(37)34(38)28-9-5-4-6-10-28/h4-6,9-10,12-13,21-22,30,34H,7-8,11,14-20,23-25H2,1-3H3. The zero-order valence-electron chi connectivity index (χ0n) is 27.2. The summed E-state index contributed by atoms with van der Waals surface area (Å²) in [6.07, 6.45) is 2.40. The van der Waals surface area contributed by atoms with Gasteiger partial charge in [0, 0.05) is 56.7 Å². The summed E-state index contributed by atoms with van der Waals surface area (Å²) in [5.41, 5.74) is 4.73. The number of carbonyl (C=O) groups is 1. The molecule has 0 aliphatic carbocycles. The van der Waals surface area contributed by atoms with Crippen molar-refractivity contribution >= 4 is 15.9 Å². The molecule has 2 aromatic carbocycles. The molecule has 1 amide bonds. The third-order valence-corrected chi connectivity index (χ3v) is 11.8. The highest BCUT2D eigenvalue weighted by Gasteiger charge is 2.37. The molecule has 1 aromatic heterocycles. The molecule has 3 aliphatic rings. The molecule has 3 aliphatic heterocycles. The normalized spacial score (nSPS) is 21.2. The smallest absolute Gasteiger partial charge is 0.249 e. The SMILES string of the molecule is COc1cc(C)c(S(=O)(=O)N2CCCCC2COCC(=O)N2CCn3c(CN4CCOCC4)ccc3C2c2ccccc2)c(C)c1. The van der Waals surface area contributed by atoms with Gasteiger partial charge in [0.2, 0.25) is 15.9 Å². The van der Waals surface area contributed by atoms with Gasteiger partial charge in [0.15, 0.2) is 0 Å². The van der Waals surface area contributed by atoms with Crippen LogP contribution in [0.1, 0.15) is 53.4 Å². The number of benzene rings is 2. The number of methoxy groups -OCH3 is 1. The van der Waals surface area contributed by atoms with Crippen molar-refractivity contribution < 1.29 is 27.4 Å². The molecule has 0 spiro atoms. The summed E-state index contributed by atoms with van der Waals surface area (Å²) in [5, 5.41) is 0. The molecule has 4 heterocycles. The van der Waals surface area contributed by atoms with Crippen molar-refractivity contribution in [2.75, 3.05) is 59.7 Å². The lowest BCUT2D eigenvalue weighted by atomic mass is 10.00. The van der Waals surface area contributed by atoms with E-state index in [0.717, 1.165) is 56.9 Å². The lowest BCUT2D eigenvalue weighted by Gasteiger charge is -2.39. The van der Waals surface area contributed by atoms with Gasteiger partial charge in [0.25, 0.3) is 0 Å². The van der Waals surface area contributed by atoms with Gasteiger partial charge in [-0.1, -0.05) is 36.8 Å². The molecule has 11 heteroatoms. The second-order valence-electron chi connectivity index (χ2n) is 12.6. The van der Waals surface area contributed by atoms with Crippen LogP contribution in [-0.2, 0) is 37.4 Å². The number of ether oxygens (including phenoxy) is 3. The summed E-state index contributed by atoms with van der Waals surface area (Å²) >= 11 is 0. The number of nitrogens with zero attached hydrogens (tertiary/aromatic N) is 4. The van der Waals surface area contributed by atoms with Crippen LogP contribution in [0.2, 0.25) is 0 Å². The number of piperidine rings is 1. The molecule has 46 heavy (non-hydrogen) atoms. The van der Waals surface area contributed by atoms with Crippen LogP contribution in [0.15, 0.2) is 59.5 Å². The van der Waals surface area contributed by atoms with Crippen molar-refractivity contribution in [3.63, 3.8) is 0 Å². The number of hydrogen-bond acceptors (Lipinski definition) is 7. The Morgan fingerprint density at radius 1 is 0.935 bits per heavy atom. The van der Waals surface area contributed by atoms with E-state index in [1.165, 1.54) is 5.69 Å². The van der Waals surface area contributed by atoms with E-state index in [0.29, 0.717) is 47.8 Å². The van der Waals surface area contributed by atoms with Crippen molar-refractivity contribution in [3.05, 3.63) is 82.7 Å². The van der Waals surface area contributed by atoms with E-state index in [-0.39, 0.29) is 31.2 Å². The Kier molecular flexibility index (Phi) is 10.1. The number of hydrogen-bond donors (Lipinski definition) is 0. The van der Waals surface area contributed by atoms with Gasteiger partial charge in [0.05, 0.1) is 37.9 Å². The number of aryl methyl sites for hydroxylation is 2. The van der Waals surface area contributed by atoms with Gasteiger partial charge in [-0.2, -0.15) is 4.31 Å². The molecule has 248 valence electrons. The second kappa shape index (κ2) is 14.3. The predicted molar refractivity (Wildman–Crippen MR) is 175 cm³/mol. The van der Waals surface area contributed by atoms with Gasteiger partial charge in [-0.3, -0.25) is 9.69 Å². The molecular formula is C35H46N4O6S. The first kappa shape index (κ1) is 32.7. The Morgan fingerprint density at radius 3 is 2.39 bits per heavy atom. The van der Waals surface area contributed by atoms with Crippen LogP contribution >= 0.6 is 0 Å². The van der Waals surface area contributed by atoms with Crippen molar-refractivity contribution in [1.29, 1.82) is 0 Å². The molecule has 3 aromatic rings. The number of rotatable bonds is 10. The Balaban J connectivity index is 1.16. The van der Waals surface area contributed by atoms with Crippen LogP contribution in [0.3, 0.4) is 0 Å². The fourth-order valence-electron chi connectivity index (χ4n) is 7.29. The maximum Gasteiger partial charge on any atom is 0.249 e. The van der Waals surface area contributed by atoms with Crippen molar-refractivity contribution in [1.82, 2.24) is 18.7 Å². The number of amides is 1. The third kappa shape index (κ3) is 6.75. The highest BCUT2D eigenvalue weighted by atomic mass is 32.2. The lowest BCUT2D eigenvalue weighted by Crippen LogP contribution is -2.47. The third-order valence-electron chi connectivity index (χ3n) is 9.53. The first-order valence-electron chi connectivity index (χ1n) is 16.4. The maximum absolute atomic E-state index is 14.0.